The lowest BCUT2D eigenvalue weighted by Gasteiger charge is -2.05. The van der Waals surface area contributed by atoms with Crippen LogP contribution in [0.4, 0.5) is 0 Å². The van der Waals surface area contributed by atoms with Crippen LogP contribution < -0.4 is 10.1 Å². The second-order valence-electron chi connectivity index (χ2n) is 5.72. The fourth-order valence-corrected chi connectivity index (χ4v) is 2.45. The lowest BCUT2D eigenvalue weighted by atomic mass is 10.1. The van der Waals surface area contributed by atoms with E-state index in [1.165, 1.54) is 0 Å². The summed E-state index contributed by atoms with van der Waals surface area (Å²) in [4.78, 5) is 20.8. The number of aromatic nitrogens is 3. The standard InChI is InChI=1S/C19H20N4O3/c1-3-4-15-11-16(26-23-15)12-21-19(24)14-7-5-13(6-8-14)18-20-10-9-17(22-18)25-2/h5-11H,3-4,12H2,1-2H3,(H,21,24). The van der Waals surface area contributed by atoms with Gasteiger partial charge in [-0.05, 0) is 18.6 Å². The van der Waals surface area contributed by atoms with Crippen molar-refractivity contribution in [1.82, 2.24) is 20.4 Å². The van der Waals surface area contributed by atoms with Crippen molar-refractivity contribution < 1.29 is 14.1 Å². The molecule has 26 heavy (non-hydrogen) atoms. The summed E-state index contributed by atoms with van der Waals surface area (Å²) in [6, 6.07) is 10.6. The molecule has 7 heteroatoms. The van der Waals surface area contributed by atoms with Crippen LogP contribution in [0.3, 0.4) is 0 Å². The van der Waals surface area contributed by atoms with Crippen molar-refractivity contribution in [2.75, 3.05) is 7.11 Å². The Morgan fingerprint density at radius 2 is 2.04 bits per heavy atom. The smallest absolute Gasteiger partial charge is 0.251 e. The number of rotatable bonds is 7. The highest BCUT2D eigenvalue weighted by Crippen LogP contribution is 2.18. The summed E-state index contributed by atoms with van der Waals surface area (Å²) in [5.41, 5.74) is 2.25. The molecule has 0 aliphatic rings. The summed E-state index contributed by atoms with van der Waals surface area (Å²) in [6.45, 7) is 2.38. The van der Waals surface area contributed by atoms with Gasteiger partial charge < -0.3 is 14.6 Å². The Bertz CT molecular complexity index is 875. The van der Waals surface area contributed by atoms with E-state index in [9.17, 15) is 4.79 Å². The van der Waals surface area contributed by atoms with Crippen LogP contribution in [0.25, 0.3) is 11.4 Å². The van der Waals surface area contributed by atoms with E-state index in [-0.39, 0.29) is 5.91 Å². The summed E-state index contributed by atoms with van der Waals surface area (Å²) >= 11 is 0. The zero-order valence-electron chi connectivity index (χ0n) is 14.7. The summed E-state index contributed by atoms with van der Waals surface area (Å²) in [5, 5.41) is 6.79. The van der Waals surface area contributed by atoms with Gasteiger partial charge in [-0.2, -0.15) is 4.98 Å². The van der Waals surface area contributed by atoms with Gasteiger partial charge in [0.15, 0.2) is 11.6 Å². The molecular weight excluding hydrogens is 332 g/mol. The molecule has 3 rings (SSSR count). The lowest BCUT2D eigenvalue weighted by Crippen LogP contribution is -2.22. The maximum atomic E-state index is 12.3. The van der Waals surface area contributed by atoms with Crippen molar-refractivity contribution >= 4 is 5.91 Å². The number of methoxy groups -OCH3 is 1. The molecule has 0 saturated heterocycles. The molecule has 2 heterocycles. The molecule has 0 bridgehead atoms. The number of hydrogen-bond donors (Lipinski definition) is 1. The SMILES string of the molecule is CCCc1cc(CNC(=O)c2ccc(-c3nccc(OC)n3)cc2)on1. The minimum atomic E-state index is -0.184. The molecule has 0 radical (unpaired) electrons. The number of benzene rings is 1. The van der Waals surface area contributed by atoms with E-state index >= 15 is 0 Å². The minimum Gasteiger partial charge on any atom is -0.481 e. The third kappa shape index (κ3) is 4.24. The lowest BCUT2D eigenvalue weighted by molar-refractivity contribution is 0.0947. The minimum absolute atomic E-state index is 0.184. The molecule has 0 spiro atoms. The van der Waals surface area contributed by atoms with Crippen LogP contribution in [-0.4, -0.2) is 28.1 Å². The van der Waals surface area contributed by atoms with Crippen molar-refractivity contribution in [3.63, 3.8) is 0 Å². The number of nitrogens with one attached hydrogen (secondary N) is 1. The molecule has 1 amide bonds. The van der Waals surface area contributed by atoms with Crippen LogP contribution in [0.2, 0.25) is 0 Å². The van der Waals surface area contributed by atoms with Crippen molar-refractivity contribution in [1.29, 1.82) is 0 Å². The number of hydrogen-bond acceptors (Lipinski definition) is 6. The Morgan fingerprint density at radius 3 is 2.77 bits per heavy atom. The fourth-order valence-electron chi connectivity index (χ4n) is 2.45. The van der Waals surface area contributed by atoms with Crippen molar-refractivity contribution in [3.8, 4) is 17.3 Å². The molecule has 134 valence electrons. The average molecular weight is 352 g/mol. The van der Waals surface area contributed by atoms with Gasteiger partial charge in [-0.15, -0.1) is 0 Å². The predicted molar refractivity (Wildman–Crippen MR) is 95.7 cm³/mol. The Morgan fingerprint density at radius 1 is 1.23 bits per heavy atom. The Hall–Kier alpha value is -3.22. The van der Waals surface area contributed by atoms with E-state index < -0.39 is 0 Å². The average Bonchev–Trinajstić information content (AvgIpc) is 3.14. The molecular formula is C19H20N4O3. The van der Waals surface area contributed by atoms with Gasteiger partial charge in [-0.25, -0.2) is 4.98 Å². The van der Waals surface area contributed by atoms with E-state index in [2.05, 4.69) is 27.4 Å². The molecule has 1 aromatic carbocycles. The fraction of sp³-hybridized carbons (Fsp3) is 0.263. The van der Waals surface area contributed by atoms with Crippen LogP contribution in [0.5, 0.6) is 5.88 Å². The Balaban J connectivity index is 1.62. The van der Waals surface area contributed by atoms with Crippen molar-refractivity contribution in [2.24, 2.45) is 0 Å². The molecule has 1 N–H and O–H groups in total. The molecule has 0 atom stereocenters. The first-order valence-electron chi connectivity index (χ1n) is 8.39. The van der Waals surface area contributed by atoms with E-state index in [1.54, 1.807) is 43.6 Å². The number of amides is 1. The number of carbonyl (C=O) groups is 1. The summed E-state index contributed by atoms with van der Waals surface area (Å²) in [7, 11) is 1.55. The zero-order valence-corrected chi connectivity index (χ0v) is 14.7. The van der Waals surface area contributed by atoms with E-state index in [0.29, 0.717) is 29.6 Å². The summed E-state index contributed by atoms with van der Waals surface area (Å²) < 4.78 is 10.3. The first-order chi connectivity index (χ1) is 12.7. The highest BCUT2D eigenvalue weighted by Gasteiger charge is 2.09. The molecule has 7 nitrogen and oxygen atoms in total. The molecule has 0 saturated carbocycles. The van der Waals surface area contributed by atoms with Crippen LogP contribution in [0.1, 0.15) is 35.2 Å². The van der Waals surface area contributed by atoms with E-state index in [4.69, 9.17) is 9.26 Å². The van der Waals surface area contributed by atoms with Gasteiger partial charge in [0.25, 0.3) is 5.91 Å². The Labute approximate surface area is 151 Å². The topological polar surface area (TPSA) is 90.1 Å². The second kappa shape index (κ2) is 8.24. The highest BCUT2D eigenvalue weighted by molar-refractivity contribution is 5.94. The molecule has 0 aliphatic heterocycles. The third-order valence-electron chi connectivity index (χ3n) is 3.78. The van der Waals surface area contributed by atoms with Gasteiger partial charge in [-0.1, -0.05) is 30.6 Å². The van der Waals surface area contributed by atoms with Gasteiger partial charge in [0.2, 0.25) is 5.88 Å². The highest BCUT2D eigenvalue weighted by atomic mass is 16.5. The maximum absolute atomic E-state index is 12.3. The number of carbonyl (C=O) groups excluding carboxylic acids is 1. The summed E-state index contributed by atoms with van der Waals surface area (Å²) in [5.74, 6) is 1.49. The van der Waals surface area contributed by atoms with Crippen LogP contribution in [0.15, 0.2) is 47.1 Å². The van der Waals surface area contributed by atoms with Crippen molar-refractivity contribution in [2.45, 2.75) is 26.3 Å². The first kappa shape index (κ1) is 17.6. The normalized spacial score (nSPS) is 10.5. The quantitative estimate of drug-likeness (QED) is 0.703. The predicted octanol–water partition coefficient (Wildman–Crippen LogP) is 3.02. The van der Waals surface area contributed by atoms with Crippen LogP contribution in [-0.2, 0) is 13.0 Å². The van der Waals surface area contributed by atoms with E-state index in [0.717, 1.165) is 24.1 Å². The monoisotopic (exact) mass is 352 g/mol. The molecule has 2 aromatic heterocycles. The van der Waals surface area contributed by atoms with Gasteiger partial charge in [-0.3, -0.25) is 4.79 Å². The second-order valence-corrected chi connectivity index (χ2v) is 5.72. The number of ether oxygens (including phenoxy) is 1. The van der Waals surface area contributed by atoms with Crippen molar-refractivity contribution in [3.05, 3.63) is 59.6 Å². The third-order valence-corrected chi connectivity index (χ3v) is 3.78. The number of aryl methyl sites for hydroxylation is 1. The van der Waals surface area contributed by atoms with Gasteiger partial charge in [0.05, 0.1) is 19.3 Å². The molecule has 3 aromatic rings. The molecule has 0 fully saturated rings. The number of nitrogens with zero attached hydrogens (tertiary/aromatic N) is 3. The van der Waals surface area contributed by atoms with E-state index in [1.807, 2.05) is 6.07 Å². The first-order valence-corrected chi connectivity index (χ1v) is 8.39. The molecule has 0 aliphatic carbocycles. The largest absolute Gasteiger partial charge is 0.481 e. The molecule has 0 unspecified atom stereocenters. The van der Waals surface area contributed by atoms with Gasteiger partial charge in [0.1, 0.15) is 0 Å². The van der Waals surface area contributed by atoms with Crippen LogP contribution >= 0.6 is 0 Å². The summed E-state index contributed by atoms with van der Waals surface area (Å²) in [6.07, 6.45) is 3.50. The van der Waals surface area contributed by atoms with Gasteiger partial charge >= 0.3 is 0 Å². The Kier molecular flexibility index (Phi) is 5.58. The van der Waals surface area contributed by atoms with Gasteiger partial charge in [0, 0.05) is 29.5 Å². The zero-order chi connectivity index (χ0) is 18.4. The maximum Gasteiger partial charge on any atom is 0.251 e. The van der Waals surface area contributed by atoms with Crippen LogP contribution in [0, 0.1) is 0 Å².